The molecule has 1 atom stereocenters. The van der Waals surface area contributed by atoms with Crippen LogP contribution in [0.3, 0.4) is 0 Å². The molecule has 0 saturated heterocycles. The molecule has 2 nitrogen and oxygen atoms in total. The Kier molecular flexibility index (Phi) is 5.24. The molecule has 1 unspecified atom stereocenters. The van der Waals surface area contributed by atoms with E-state index in [4.69, 9.17) is 16.3 Å². The van der Waals surface area contributed by atoms with Gasteiger partial charge >= 0.3 is 6.18 Å². The van der Waals surface area contributed by atoms with Crippen molar-refractivity contribution >= 4 is 11.6 Å². The minimum atomic E-state index is -4.34. The molecule has 0 aliphatic carbocycles. The van der Waals surface area contributed by atoms with E-state index in [1.807, 2.05) is 0 Å². The van der Waals surface area contributed by atoms with Gasteiger partial charge in [0.05, 0.1) is 6.10 Å². The monoisotopic (exact) mass is 267 g/mol. The van der Waals surface area contributed by atoms with Crippen LogP contribution in [0, 0.1) is 0 Å². The van der Waals surface area contributed by atoms with Crippen LogP contribution in [0.15, 0.2) is 24.3 Å². The number of halogens is 4. The van der Waals surface area contributed by atoms with Gasteiger partial charge in [-0.2, -0.15) is 13.2 Å². The van der Waals surface area contributed by atoms with Crippen LogP contribution in [0.5, 0.6) is 0 Å². The lowest BCUT2D eigenvalue weighted by molar-refractivity contribution is -0.185. The maximum atomic E-state index is 12.1. The molecule has 1 rings (SSSR count). The Morgan fingerprint density at radius 2 is 2.00 bits per heavy atom. The summed E-state index contributed by atoms with van der Waals surface area (Å²) in [6.45, 7) is -1.02. The Hall–Kier alpha value is -0.780. The van der Waals surface area contributed by atoms with Crippen LogP contribution >= 0.6 is 11.6 Å². The van der Waals surface area contributed by atoms with Crippen molar-refractivity contribution in [1.82, 2.24) is 5.32 Å². The fraction of sp³-hybridized carbons (Fsp3) is 0.455. The molecule has 0 fully saturated rings. The van der Waals surface area contributed by atoms with Crippen LogP contribution in [-0.2, 0) is 4.74 Å². The highest BCUT2D eigenvalue weighted by molar-refractivity contribution is 6.31. The minimum absolute atomic E-state index is 0.264. The van der Waals surface area contributed by atoms with Gasteiger partial charge in [0, 0.05) is 17.1 Å². The van der Waals surface area contributed by atoms with Crippen molar-refractivity contribution in [3.8, 4) is 0 Å². The second-order valence-electron chi connectivity index (χ2n) is 3.49. The SMILES string of the molecule is CNCC(OCC(F)(F)F)c1ccccc1Cl. The van der Waals surface area contributed by atoms with E-state index >= 15 is 0 Å². The summed E-state index contributed by atoms with van der Waals surface area (Å²) in [5.41, 5.74) is 0.549. The van der Waals surface area contributed by atoms with Crippen LogP contribution < -0.4 is 5.32 Å². The highest BCUT2D eigenvalue weighted by Crippen LogP contribution is 2.27. The molecule has 1 aromatic rings. The molecule has 0 aliphatic rings. The summed E-state index contributed by atoms with van der Waals surface area (Å²) >= 11 is 5.92. The molecule has 0 bridgehead atoms. The summed E-state index contributed by atoms with van der Waals surface area (Å²) < 4.78 is 41.1. The van der Waals surface area contributed by atoms with E-state index in [1.54, 1.807) is 31.3 Å². The number of ether oxygens (including phenoxy) is 1. The van der Waals surface area contributed by atoms with Crippen molar-refractivity contribution in [3.63, 3.8) is 0 Å². The zero-order valence-corrected chi connectivity index (χ0v) is 9.98. The Morgan fingerprint density at radius 3 is 2.53 bits per heavy atom. The molecule has 1 aromatic carbocycles. The normalized spacial score (nSPS) is 13.7. The van der Waals surface area contributed by atoms with Crippen molar-refractivity contribution in [2.45, 2.75) is 12.3 Å². The summed E-state index contributed by atoms with van der Waals surface area (Å²) in [5, 5.41) is 3.18. The standard InChI is InChI=1S/C11H13ClF3NO/c1-16-6-10(17-7-11(13,14)15)8-4-2-3-5-9(8)12/h2-5,10,16H,6-7H2,1H3. The molecule has 0 amide bonds. The third-order valence-corrected chi connectivity index (χ3v) is 2.43. The maximum Gasteiger partial charge on any atom is 0.411 e. The van der Waals surface area contributed by atoms with E-state index in [9.17, 15) is 13.2 Å². The highest BCUT2D eigenvalue weighted by atomic mass is 35.5. The van der Waals surface area contributed by atoms with Crippen molar-refractivity contribution in [1.29, 1.82) is 0 Å². The first-order valence-corrected chi connectivity index (χ1v) is 5.39. The zero-order chi connectivity index (χ0) is 12.9. The summed E-state index contributed by atoms with van der Waals surface area (Å²) in [6.07, 6.45) is -5.05. The van der Waals surface area contributed by atoms with Crippen molar-refractivity contribution in [2.24, 2.45) is 0 Å². The Labute approximate surface area is 103 Å². The number of hydrogen-bond donors (Lipinski definition) is 1. The molecule has 1 N–H and O–H groups in total. The van der Waals surface area contributed by atoms with E-state index in [-0.39, 0.29) is 6.54 Å². The van der Waals surface area contributed by atoms with E-state index in [0.29, 0.717) is 10.6 Å². The largest absolute Gasteiger partial charge is 0.411 e. The number of benzene rings is 1. The molecule has 0 aromatic heterocycles. The van der Waals surface area contributed by atoms with Crippen LogP contribution in [0.2, 0.25) is 5.02 Å². The molecule has 0 radical (unpaired) electrons. The Bertz CT molecular complexity index is 357. The Morgan fingerprint density at radius 1 is 1.35 bits per heavy atom. The van der Waals surface area contributed by atoms with E-state index < -0.39 is 18.9 Å². The van der Waals surface area contributed by atoms with Gasteiger partial charge < -0.3 is 10.1 Å². The van der Waals surface area contributed by atoms with Gasteiger partial charge in [-0.05, 0) is 13.1 Å². The van der Waals surface area contributed by atoms with Crippen LogP contribution in [-0.4, -0.2) is 26.4 Å². The van der Waals surface area contributed by atoms with Crippen molar-refractivity contribution in [3.05, 3.63) is 34.9 Å². The van der Waals surface area contributed by atoms with E-state index in [1.165, 1.54) is 0 Å². The lowest BCUT2D eigenvalue weighted by Crippen LogP contribution is -2.25. The van der Waals surface area contributed by atoms with Gasteiger partial charge in [0.15, 0.2) is 0 Å². The third kappa shape index (κ3) is 4.93. The molecule has 6 heteroatoms. The minimum Gasteiger partial charge on any atom is -0.363 e. The average molecular weight is 268 g/mol. The van der Waals surface area contributed by atoms with Crippen molar-refractivity contribution in [2.75, 3.05) is 20.2 Å². The smallest absolute Gasteiger partial charge is 0.363 e. The number of hydrogen-bond acceptors (Lipinski definition) is 2. The van der Waals surface area contributed by atoms with Gasteiger partial charge in [0.1, 0.15) is 6.61 Å². The molecule has 0 saturated carbocycles. The average Bonchev–Trinajstić information content (AvgIpc) is 2.24. The topological polar surface area (TPSA) is 21.3 Å². The number of likely N-dealkylation sites (N-methyl/N-ethyl adjacent to an activating group) is 1. The molecule has 96 valence electrons. The van der Waals surface area contributed by atoms with Gasteiger partial charge in [-0.15, -0.1) is 0 Å². The molecular weight excluding hydrogens is 255 g/mol. The lowest BCUT2D eigenvalue weighted by Gasteiger charge is -2.20. The van der Waals surface area contributed by atoms with Gasteiger partial charge in [-0.3, -0.25) is 0 Å². The van der Waals surface area contributed by atoms with Gasteiger partial charge in [-0.25, -0.2) is 0 Å². The molecule has 0 aliphatic heterocycles. The fourth-order valence-electron chi connectivity index (χ4n) is 1.38. The molecular formula is C11H13ClF3NO. The number of alkyl halides is 3. The second kappa shape index (κ2) is 6.23. The van der Waals surface area contributed by atoms with Crippen LogP contribution in [0.25, 0.3) is 0 Å². The summed E-state index contributed by atoms with van der Waals surface area (Å²) in [5.74, 6) is 0. The van der Waals surface area contributed by atoms with Gasteiger partial charge in [0.2, 0.25) is 0 Å². The van der Waals surface area contributed by atoms with Crippen LogP contribution in [0.1, 0.15) is 11.7 Å². The quantitative estimate of drug-likeness (QED) is 0.885. The first-order chi connectivity index (χ1) is 7.94. The lowest BCUT2D eigenvalue weighted by atomic mass is 10.1. The summed E-state index contributed by atoms with van der Waals surface area (Å²) in [6, 6.07) is 6.70. The maximum absolute atomic E-state index is 12.1. The summed E-state index contributed by atoms with van der Waals surface area (Å²) in [7, 11) is 1.64. The third-order valence-electron chi connectivity index (χ3n) is 2.09. The van der Waals surface area contributed by atoms with Crippen LogP contribution in [0.4, 0.5) is 13.2 Å². The van der Waals surface area contributed by atoms with Gasteiger partial charge in [-0.1, -0.05) is 29.8 Å². The first kappa shape index (κ1) is 14.3. The fourth-order valence-corrected chi connectivity index (χ4v) is 1.63. The van der Waals surface area contributed by atoms with E-state index in [0.717, 1.165) is 0 Å². The van der Waals surface area contributed by atoms with Crippen molar-refractivity contribution < 1.29 is 17.9 Å². The Balaban J connectivity index is 2.75. The van der Waals surface area contributed by atoms with Gasteiger partial charge in [0.25, 0.3) is 0 Å². The highest BCUT2D eigenvalue weighted by Gasteiger charge is 2.29. The second-order valence-corrected chi connectivity index (χ2v) is 3.90. The molecule has 17 heavy (non-hydrogen) atoms. The molecule has 0 heterocycles. The predicted molar refractivity (Wildman–Crippen MR) is 60.1 cm³/mol. The number of rotatable bonds is 5. The zero-order valence-electron chi connectivity index (χ0n) is 9.22. The first-order valence-electron chi connectivity index (χ1n) is 5.01. The predicted octanol–water partition coefficient (Wildman–Crippen LogP) is 3.18. The van der Waals surface area contributed by atoms with E-state index in [2.05, 4.69) is 5.32 Å². The number of nitrogens with one attached hydrogen (secondary N) is 1. The summed E-state index contributed by atoms with van der Waals surface area (Å²) in [4.78, 5) is 0. The molecule has 0 spiro atoms.